The van der Waals surface area contributed by atoms with Crippen molar-refractivity contribution in [2.24, 2.45) is 0 Å². The molecular formula is C15H19BF2O6. The lowest BCUT2D eigenvalue weighted by molar-refractivity contribution is -0.0503. The summed E-state index contributed by atoms with van der Waals surface area (Å²) in [7, 11) is 0.369. The maximum atomic E-state index is 12.6. The third-order valence-electron chi connectivity index (χ3n) is 4.26. The molecule has 1 aromatic carbocycles. The quantitative estimate of drug-likeness (QED) is 0.827. The Hall–Kier alpha value is -1.87. The van der Waals surface area contributed by atoms with Crippen molar-refractivity contribution < 1.29 is 37.5 Å². The molecule has 1 fully saturated rings. The number of aromatic carboxylic acids is 1. The summed E-state index contributed by atoms with van der Waals surface area (Å²) >= 11 is 0. The molecule has 132 valence electrons. The molecular weight excluding hydrogens is 325 g/mol. The summed E-state index contributed by atoms with van der Waals surface area (Å²) in [4.78, 5) is 11.4. The van der Waals surface area contributed by atoms with Crippen LogP contribution in [0.2, 0.25) is 0 Å². The molecule has 0 atom stereocenters. The summed E-state index contributed by atoms with van der Waals surface area (Å²) < 4.78 is 46.3. The van der Waals surface area contributed by atoms with Crippen molar-refractivity contribution in [3.05, 3.63) is 17.7 Å². The number of benzene rings is 1. The van der Waals surface area contributed by atoms with Crippen LogP contribution in [0.5, 0.6) is 11.5 Å². The Kier molecular flexibility index (Phi) is 4.78. The molecule has 24 heavy (non-hydrogen) atoms. The third kappa shape index (κ3) is 3.32. The van der Waals surface area contributed by atoms with Gasteiger partial charge in [0, 0.05) is 0 Å². The normalized spacial score (nSPS) is 18.8. The van der Waals surface area contributed by atoms with E-state index in [0.29, 0.717) is 5.46 Å². The van der Waals surface area contributed by atoms with Crippen LogP contribution in [0.4, 0.5) is 8.78 Å². The number of halogens is 2. The topological polar surface area (TPSA) is 74.2 Å². The van der Waals surface area contributed by atoms with Crippen molar-refractivity contribution in [2.45, 2.75) is 45.5 Å². The second-order valence-electron chi connectivity index (χ2n) is 6.37. The Labute approximate surface area is 138 Å². The molecule has 2 rings (SSSR count). The summed E-state index contributed by atoms with van der Waals surface area (Å²) in [6.45, 7) is 4.18. The van der Waals surface area contributed by atoms with E-state index < -0.39 is 42.2 Å². The van der Waals surface area contributed by atoms with Crippen LogP contribution in [0.1, 0.15) is 38.1 Å². The van der Waals surface area contributed by atoms with E-state index in [1.165, 1.54) is 19.2 Å². The number of rotatable bonds is 5. The molecule has 0 saturated carbocycles. The minimum Gasteiger partial charge on any atom is -0.496 e. The van der Waals surface area contributed by atoms with Crippen LogP contribution in [0.25, 0.3) is 0 Å². The second kappa shape index (κ2) is 6.21. The maximum absolute atomic E-state index is 12.6. The molecule has 1 heterocycles. The molecule has 1 saturated heterocycles. The summed E-state index contributed by atoms with van der Waals surface area (Å²) in [6.07, 6.45) is 0. The van der Waals surface area contributed by atoms with Crippen molar-refractivity contribution in [2.75, 3.05) is 7.11 Å². The van der Waals surface area contributed by atoms with Gasteiger partial charge in [-0.1, -0.05) is 0 Å². The van der Waals surface area contributed by atoms with Gasteiger partial charge in [-0.15, -0.1) is 0 Å². The van der Waals surface area contributed by atoms with Gasteiger partial charge in [-0.25, -0.2) is 4.79 Å². The lowest BCUT2D eigenvalue weighted by atomic mass is 9.78. The highest BCUT2D eigenvalue weighted by molar-refractivity contribution is 6.62. The Balaban J connectivity index is 2.51. The molecule has 0 bridgehead atoms. The maximum Gasteiger partial charge on any atom is 0.495 e. The fraction of sp³-hybridized carbons (Fsp3) is 0.533. The largest absolute Gasteiger partial charge is 0.496 e. The fourth-order valence-corrected chi connectivity index (χ4v) is 2.29. The number of methoxy groups -OCH3 is 1. The van der Waals surface area contributed by atoms with Gasteiger partial charge < -0.3 is 23.9 Å². The Morgan fingerprint density at radius 1 is 1.17 bits per heavy atom. The zero-order chi connectivity index (χ0) is 18.3. The highest BCUT2D eigenvalue weighted by Crippen LogP contribution is 2.37. The summed E-state index contributed by atoms with van der Waals surface area (Å²) in [5, 5.41) is 9.25. The van der Waals surface area contributed by atoms with Gasteiger partial charge in [0.25, 0.3) is 0 Å². The van der Waals surface area contributed by atoms with Gasteiger partial charge >= 0.3 is 19.7 Å². The van der Waals surface area contributed by atoms with Gasteiger partial charge in [0.15, 0.2) is 0 Å². The van der Waals surface area contributed by atoms with E-state index in [0.717, 1.165) is 0 Å². The molecule has 1 N–H and O–H groups in total. The van der Waals surface area contributed by atoms with Crippen molar-refractivity contribution in [3.8, 4) is 11.5 Å². The second-order valence-corrected chi connectivity index (χ2v) is 6.37. The average Bonchev–Trinajstić information content (AvgIpc) is 2.65. The van der Waals surface area contributed by atoms with Gasteiger partial charge in [-0.2, -0.15) is 8.78 Å². The smallest absolute Gasteiger partial charge is 0.495 e. The molecule has 0 aliphatic carbocycles. The van der Waals surface area contributed by atoms with Crippen LogP contribution in [-0.4, -0.2) is 43.1 Å². The molecule has 0 unspecified atom stereocenters. The summed E-state index contributed by atoms with van der Waals surface area (Å²) in [5.41, 5.74) is -1.44. The summed E-state index contributed by atoms with van der Waals surface area (Å²) in [5.74, 6) is -2.07. The highest BCUT2D eigenvalue weighted by Gasteiger charge is 2.52. The van der Waals surface area contributed by atoms with Crippen LogP contribution in [0, 0.1) is 0 Å². The van der Waals surface area contributed by atoms with Crippen molar-refractivity contribution in [1.82, 2.24) is 0 Å². The number of ether oxygens (including phenoxy) is 2. The first-order valence-corrected chi connectivity index (χ1v) is 7.24. The fourth-order valence-electron chi connectivity index (χ4n) is 2.29. The van der Waals surface area contributed by atoms with Gasteiger partial charge in [-0.05, 0) is 45.3 Å². The van der Waals surface area contributed by atoms with Crippen LogP contribution in [0.3, 0.4) is 0 Å². The first-order chi connectivity index (χ1) is 11.0. The molecule has 0 radical (unpaired) electrons. The van der Waals surface area contributed by atoms with Crippen LogP contribution >= 0.6 is 0 Å². The predicted molar refractivity (Wildman–Crippen MR) is 82.3 cm³/mol. The van der Waals surface area contributed by atoms with E-state index >= 15 is 0 Å². The standard InChI is InChI=1S/C15H19BF2O6/c1-14(2)15(3,4)24-16(23-14)8-6-9(21-5)11(12(19)20)10(7-8)22-13(17)18/h6-7,13H,1-5H3,(H,19,20). The predicted octanol–water partition coefficient (Wildman–Crippen LogP) is 2.29. The SMILES string of the molecule is COc1cc(B2OC(C)(C)C(C)(C)O2)cc(OC(F)F)c1C(=O)O. The Bertz CT molecular complexity index is 631. The molecule has 1 aliphatic heterocycles. The Morgan fingerprint density at radius 3 is 2.08 bits per heavy atom. The van der Waals surface area contributed by atoms with E-state index in [1.807, 2.05) is 27.7 Å². The van der Waals surface area contributed by atoms with Crippen LogP contribution < -0.4 is 14.9 Å². The van der Waals surface area contributed by atoms with Gasteiger partial charge in [-0.3, -0.25) is 0 Å². The molecule has 0 aromatic heterocycles. The number of carboxylic acids is 1. The van der Waals surface area contributed by atoms with E-state index in [2.05, 4.69) is 4.74 Å². The van der Waals surface area contributed by atoms with Crippen molar-refractivity contribution in [3.63, 3.8) is 0 Å². The zero-order valence-corrected chi connectivity index (χ0v) is 14.1. The lowest BCUT2D eigenvalue weighted by Crippen LogP contribution is -2.41. The molecule has 0 amide bonds. The first kappa shape index (κ1) is 18.5. The van der Waals surface area contributed by atoms with E-state index in [9.17, 15) is 18.7 Å². The lowest BCUT2D eigenvalue weighted by Gasteiger charge is -2.32. The van der Waals surface area contributed by atoms with E-state index in [-0.39, 0.29) is 5.75 Å². The molecule has 0 spiro atoms. The van der Waals surface area contributed by atoms with Crippen LogP contribution in [-0.2, 0) is 9.31 Å². The van der Waals surface area contributed by atoms with E-state index in [1.54, 1.807) is 0 Å². The number of carboxylic acid groups (broad SMARTS) is 1. The molecule has 1 aliphatic rings. The minimum absolute atomic E-state index is 0.120. The van der Waals surface area contributed by atoms with Gasteiger partial charge in [0.05, 0.1) is 18.3 Å². The Morgan fingerprint density at radius 2 is 1.67 bits per heavy atom. The number of carbonyl (C=O) groups is 1. The van der Waals surface area contributed by atoms with Gasteiger partial charge in [0.2, 0.25) is 0 Å². The molecule has 6 nitrogen and oxygen atoms in total. The van der Waals surface area contributed by atoms with E-state index in [4.69, 9.17) is 14.0 Å². The molecule has 1 aromatic rings. The van der Waals surface area contributed by atoms with Crippen molar-refractivity contribution in [1.29, 1.82) is 0 Å². The minimum atomic E-state index is -3.18. The van der Waals surface area contributed by atoms with Crippen molar-refractivity contribution >= 4 is 18.6 Å². The molecule has 9 heteroatoms. The average molecular weight is 344 g/mol. The third-order valence-corrected chi connectivity index (χ3v) is 4.26. The number of hydrogen-bond donors (Lipinski definition) is 1. The van der Waals surface area contributed by atoms with Gasteiger partial charge in [0.1, 0.15) is 17.1 Å². The number of hydrogen-bond acceptors (Lipinski definition) is 5. The zero-order valence-electron chi connectivity index (χ0n) is 14.1. The van der Waals surface area contributed by atoms with Crippen LogP contribution in [0.15, 0.2) is 12.1 Å². The summed E-state index contributed by atoms with van der Waals surface area (Å²) in [6, 6.07) is 2.55. The highest BCUT2D eigenvalue weighted by atomic mass is 19.3. The first-order valence-electron chi connectivity index (χ1n) is 7.24. The monoisotopic (exact) mass is 344 g/mol. The number of alkyl halides is 2.